The van der Waals surface area contributed by atoms with Gasteiger partial charge in [-0.3, -0.25) is 4.79 Å². The maximum Gasteiger partial charge on any atom is 0.149 e. The minimum Gasteiger partial charge on any atom is -0.298 e. The van der Waals surface area contributed by atoms with E-state index in [4.69, 9.17) is 0 Å². The molecular weight excluding hydrogens is 147 g/mol. The third kappa shape index (κ3) is 3.96. The Morgan fingerprint density at radius 3 is 2.58 bits per heavy atom. The zero-order valence-corrected chi connectivity index (χ0v) is 8.00. The number of carbonyl (C=O) groups excluding carboxylic acids is 1. The molecule has 0 bridgehead atoms. The highest BCUT2D eigenvalue weighted by atomic mass is 16.1. The van der Waals surface area contributed by atoms with Crippen molar-refractivity contribution in [2.75, 3.05) is 0 Å². The summed E-state index contributed by atoms with van der Waals surface area (Å²) in [6.45, 7) is 3.95. The molecule has 1 nitrogen and oxygen atoms in total. The van der Waals surface area contributed by atoms with Crippen LogP contribution in [0.25, 0.3) is 0 Å². The fourth-order valence-electron chi connectivity index (χ4n) is 0.833. The van der Waals surface area contributed by atoms with Crippen molar-refractivity contribution in [2.24, 2.45) is 0 Å². The number of allylic oxidation sites excluding steroid dienone is 6. The molecule has 2 heteroatoms. The van der Waals surface area contributed by atoms with E-state index in [-0.39, 0.29) is 0 Å². The predicted molar refractivity (Wildman–Crippen MR) is 55.9 cm³/mol. The Balaban J connectivity index is 4.35. The van der Waals surface area contributed by atoms with Crippen molar-refractivity contribution in [1.82, 2.24) is 0 Å². The van der Waals surface area contributed by atoms with E-state index >= 15 is 0 Å². The molecule has 64 valence electrons. The maximum absolute atomic E-state index is 10.5. The lowest BCUT2D eigenvalue weighted by Crippen LogP contribution is -1.89. The molecule has 0 spiro atoms. The first-order valence-electron chi connectivity index (χ1n) is 4.21. The zero-order valence-electron chi connectivity index (χ0n) is 8.00. The molecule has 0 atom stereocenters. The molecule has 0 fully saturated rings. The quantitative estimate of drug-likeness (QED) is 0.265. The molecule has 0 aliphatic heterocycles. The van der Waals surface area contributed by atoms with Gasteiger partial charge >= 0.3 is 0 Å². The highest BCUT2D eigenvalue weighted by Gasteiger charge is 1.92. The lowest BCUT2D eigenvalue weighted by molar-refractivity contribution is -0.104. The van der Waals surface area contributed by atoms with E-state index in [1.165, 1.54) is 0 Å². The molecule has 0 unspecified atom stereocenters. The zero-order chi connectivity index (χ0) is 9.40. The molecule has 0 aromatic rings. The molecular formula is C10H15BO. The first-order valence-corrected chi connectivity index (χ1v) is 4.21. The molecule has 0 saturated heterocycles. The summed E-state index contributed by atoms with van der Waals surface area (Å²) in [5.41, 5.74) is 1.77. The van der Waals surface area contributed by atoms with Gasteiger partial charge in [0.25, 0.3) is 0 Å². The molecule has 0 aliphatic carbocycles. The Bertz CT molecular complexity index is 224. The molecule has 0 N–H and O–H groups in total. The van der Waals surface area contributed by atoms with Gasteiger partial charge < -0.3 is 0 Å². The second-order valence-electron chi connectivity index (χ2n) is 2.55. The van der Waals surface area contributed by atoms with Gasteiger partial charge in [-0.25, -0.2) is 0 Å². The lowest BCUT2D eigenvalue weighted by atomic mass is 9.88. The second kappa shape index (κ2) is 6.65. The second-order valence-corrected chi connectivity index (χ2v) is 2.55. The molecule has 0 aromatic heterocycles. The largest absolute Gasteiger partial charge is 0.298 e. The van der Waals surface area contributed by atoms with Gasteiger partial charge in [0.05, 0.1) is 0 Å². The van der Waals surface area contributed by atoms with E-state index in [2.05, 4.69) is 13.0 Å². The van der Waals surface area contributed by atoms with Gasteiger partial charge in [-0.1, -0.05) is 36.7 Å². The van der Waals surface area contributed by atoms with E-state index in [0.717, 1.165) is 23.8 Å². The molecule has 12 heavy (non-hydrogen) atoms. The van der Waals surface area contributed by atoms with Gasteiger partial charge in [0.2, 0.25) is 0 Å². The standard InChI is InChI=1S/C10H15BO/c1-3-5-6-7-10(11)9(4-2)8-12/h4-8H,3,11H2,1-2H3/b6-5+,9-4-,10-7+. The highest BCUT2D eigenvalue weighted by Crippen LogP contribution is 2.02. The Kier molecular flexibility index (Phi) is 6.07. The Hall–Kier alpha value is -1.05. The van der Waals surface area contributed by atoms with Crippen molar-refractivity contribution in [2.45, 2.75) is 20.3 Å². The predicted octanol–water partition coefficient (Wildman–Crippen LogP) is 1.61. The van der Waals surface area contributed by atoms with Crippen LogP contribution in [0.4, 0.5) is 0 Å². The summed E-state index contributed by atoms with van der Waals surface area (Å²) in [5.74, 6) is 0. The SMILES string of the molecule is BC(=C/C=C/CC)/C(C=O)=C\C. The minimum atomic E-state index is 0.760. The van der Waals surface area contributed by atoms with E-state index in [0.29, 0.717) is 0 Å². The monoisotopic (exact) mass is 162 g/mol. The van der Waals surface area contributed by atoms with Crippen molar-refractivity contribution >= 4 is 14.1 Å². The van der Waals surface area contributed by atoms with Crippen molar-refractivity contribution < 1.29 is 4.79 Å². The van der Waals surface area contributed by atoms with Gasteiger partial charge in [0.15, 0.2) is 0 Å². The molecule has 0 rings (SSSR count). The minimum absolute atomic E-state index is 0.760. The van der Waals surface area contributed by atoms with E-state index in [1.807, 2.05) is 33.0 Å². The fourth-order valence-corrected chi connectivity index (χ4v) is 0.833. The van der Waals surface area contributed by atoms with Crippen LogP contribution in [0.1, 0.15) is 20.3 Å². The van der Waals surface area contributed by atoms with Crippen molar-refractivity contribution in [3.8, 4) is 0 Å². The number of hydrogen-bond acceptors (Lipinski definition) is 1. The molecule has 0 amide bonds. The molecule has 0 radical (unpaired) electrons. The van der Waals surface area contributed by atoms with Crippen molar-refractivity contribution in [3.63, 3.8) is 0 Å². The van der Waals surface area contributed by atoms with Crippen LogP contribution in [0, 0.1) is 0 Å². The van der Waals surface area contributed by atoms with Crippen molar-refractivity contribution in [1.29, 1.82) is 0 Å². The van der Waals surface area contributed by atoms with E-state index < -0.39 is 0 Å². The van der Waals surface area contributed by atoms with Crippen LogP contribution in [-0.4, -0.2) is 14.1 Å². The number of rotatable bonds is 4. The van der Waals surface area contributed by atoms with Gasteiger partial charge in [-0.2, -0.15) is 0 Å². The van der Waals surface area contributed by atoms with Crippen LogP contribution in [0.15, 0.2) is 35.3 Å². The third-order valence-corrected chi connectivity index (χ3v) is 1.61. The first-order chi connectivity index (χ1) is 5.76. The van der Waals surface area contributed by atoms with Gasteiger partial charge in [0.1, 0.15) is 14.1 Å². The van der Waals surface area contributed by atoms with Crippen LogP contribution >= 0.6 is 0 Å². The van der Waals surface area contributed by atoms with Crippen LogP contribution in [0.3, 0.4) is 0 Å². The first kappa shape index (κ1) is 11.0. The Morgan fingerprint density at radius 1 is 1.50 bits per heavy atom. The molecule has 0 saturated carbocycles. The lowest BCUT2D eigenvalue weighted by Gasteiger charge is -1.95. The summed E-state index contributed by atoms with van der Waals surface area (Å²) in [6.07, 6.45) is 9.71. The molecule has 0 aliphatic rings. The average Bonchev–Trinajstić information content (AvgIpc) is 2.07. The van der Waals surface area contributed by atoms with Gasteiger partial charge in [-0.15, -0.1) is 0 Å². The molecule has 0 aromatic carbocycles. The third-order valence-electron chi connectivity index (χ3n) is 1.61. The summed E-state index contributed by atoms with van der Waals surface area (Å²) in [4.78, 5) is 10.5. The maximum atomic E-state index is 10.5. The molecule has 0 heterocycles. The normalized spacial score (nSPS) is 13.8. The van der Waals surface area contributed by atoms with Crippen LogP contribution < -0.4 is 0 Å². The Morgan fingerprint density at radius 2 is 2.17 bits per heavy atom. The number of carbonyl (C=O) groups is 1. The summed E-state index contributed by atoms with van der Waals surface area (Å²) < 4.78 is 0. The van der Waals surface area contributed by atoms with Crippen LogP contribution in [0.5, 0.6) is 0 Å². The summed E-state index contributed by atoms with van der Waals surface area (Å²) in [5, 5.41) is 0. The number of aldehydes is 1. The highest BCUT2D eigenvalue weighted by molar-refractivity contribution is 6.27. The van der Waals surface area contributed by atoms with Crippen LogP contribution in [-0.2, 0) is 4.79 Å². The summed E-state index contributed by atoms with van der Waals surface area (Å²) in [7, 11) is 1.93. The van der Waals surface area contributed by atoms with Crippen molar-refractivity contribution in [3.05, 3.63) is 35.3 Å². The van der Waals surface area contributed by atoms with Gasteiger partial charge in [0, 0.05) is 5.57 Å². The van der Waals surface area contributed by atoms with E-state index in [1.54, 1.807) is 0 Å². The number of hydrogen-bond donors (Lipinski definition) is 0. The van der Waals surface area contributed by atoms with Crippen LogP contribution in [0.2, 0.25) is 0 Å². The van der Waals surface area contributed by atoms with Gasteiger partial charge in [-0.05, 0) is 13.3 Å². The Labute approximate surface area is 75.3 Å². The van der Waals surface area contributed by atoms with E-state index in [9.17, 15) is 4.79 Å². The topological polar surface area (TPSA) is 17.1 Å². The average molecular weight is 162 g/mol. The summed E-state index contributed by atoms with van der Waals surface area (Å²) >= 11 is 0. The fraction of sp³-hybridized carbons (Fsp3) is 0.300. The smallest absolute Gasteiger partial charge is 0.149 e. The summed E-state index contributed by atoms with van der Waals surface area (Å²) in [6, 6.07) is 0.